The van der Waals surface area contributed by atoms with Gasteiger partial charge >= 0.3 is 0 Å². The van der Waals surface area contributed by atoms with Crippen LogP contribution in [0, 0.1) is 0 Å². The molecule has 1 heterocycles. The fourth-order valence-electron chi connectivity index (χ4n) is 0.863. The molecule has 0 radical (unpaired) electrons. The van der Waals surface area contributed by atoms with Crippen LogP contribution >= 0.6 is 0 Å². The maximum Gasteiger partial charge on any atom is 0.252 e. The smallest absolute Gasteiger partial charge is 0.252 e. The van der Waals surface area contributed by atoms with Crippen LogP contribution in [0.1, 0.15) is 6.92 Å². The van der Waals surface area contributed by atoms with E-state index in [2.05, 4.69) is 5.32 Å². The lowest BCUT2D eigenvalue weighted by atomic mass is 10.4. The van der Waals surface area contributed by atoms with Gasteiger partial charge in [-0.1, -0.05) is 0 Å². The number of aromatic nitrogens is 1. The summed E-state index contributed by atoms with van der Waals surface area (Å²) in [7, 11) is 1.73. The van der Waals surface area contributed by atoms with Gasteiger partial charge in [0.05, 0.1) is 0 Å². The number of anilines is 1. The average molecular weight is 152 g/mol. The Balaban J connectivity index is 2.96. The van der Waals surface area contributed by atoms with Crippen molar-refractivity contribution in [2.75, 3.05) is 11.9 Å². The first kappa shape index (κ1) is 7.85. The largest absolute Gasteiger partial charge is 0.385 e. The van der Waals surface area contributed by atoms with Crippen LogP contribution in [0.25, 0.3) is 0 Å². The number of nitrogens with zero attached hydrogens (tertiary/aromatic N) is 1. The average Bonchev–Trinajstić information content (AvgIpc) is 1.98. The van der Waals surface area contributed by atoms with Crippen molar-refractivity contribution in [2.24, 2.45) is 7.05 Å². The molecule has 0 fully saturated rings. The highest BCUT2D eigenvalue weighted by Crippen LogP contribution is 1.99. The van der Waals surface area contributed by atoms with Crippen LogP contribution in [-0.4, -0.2) is 11.1 Å². The fourth-order valence-corrected chi connectivity index (χ4v) is 0.863. The van der Waals surface area contributed by atoms with E-state index in [1.165, 1.54) is 0 Å². The minimum Gasteiger partial charge on any atom is -0.385 e. The molecule has 60 valence electrons. The third kappa shape index (κ3) is 1.83. The monoisotopic (exact) mass is 152 g/mol. The van der Waals surface area contributed by atoms with E-state index in [0.29, 0.717) is 0 Å². The van der Waals surface area contributed by atoms with Crippen molar-refractivity contribution in [3.63, 3.8) is 0 Å². The second-order valence-corrected chi connectivity index (χ2v) is 2.39. The number of rotatable bonds is 2. The Morgan fingerprint density at radius 1 is 1.64 bits per heavy atom. The highest BCUT2D eigenvalue weighted by atomic mass is 16.1. The molecule has 0 atom stereocenters. The van der Waals surface area contributed by atoms with Gasteiger partial charge in [-0.15, -0.1) is 0 Å². The number of hydrogen-bond acceptors (Lipinski definition) is 2. The van der Waals surface area contributed by atoms with Gasteiger partial charge in [0.2, 0.25) is 0 Å². The van der Waals surface area contributed by atoms with Gasteiger partial charge in [-0.3, -0.25) is 4.79 Å². The number of pyridine rings is 1. The van der Waals surface area contributed by atoms with E-state index in [1.54, 1.807) is 23.9 Å². The molecule has 0 bridgehead atoms. The first-order valence-electron chi connectivity index (χ1n) is 3.64. The zero-order chi connectivity index (χ0) is 8.27. The van der Waals surface area contributed by atoms with Gasteiger partial charge in [0.25, 0.3) is 5.56 Å². The molecule has 0 aliphatic rings. The zero-order valence-electron chi connectivity index (χ0n) is 6.79. The molecule has 0 spiro atoms. The second-order valence-electron chi connectivity index (χ2n) is 2.39. The number of nitrogens with one attached hydrogen (secondary N) is 1. The molecular weight excluding hydrogens is 140 g/mol. The third-order valence-corrected chi connectivity index (χ3v) is 1.49. The number of aryl methyl sites for hydroxylation is 1. The molecule has 3 nitrogen and oxygen atoms in total. The normalized spacial score (nSPS) is 9.64. The Kier molecular flexibility index (Phi) is 2.31. The van der Waals surface area contributed by atoms with Crippen LogP contribution in [0.2, 0.25) is 0 Å². The molecule has 0 amide bonds. The molecule has 0 unspecified atom stereocenters. The summed E-state index contributed by atoms with van der Waals surface area (Å²) < 4.78 is 1.54. The molecule has 0 saturated heterocycles. The summed E-state index contributed by atoms with van der Waals surface area (Å²) >= 11 is 0. The molecule has 1 aromatic rings. The van der Waals surface area contributed by atoms with E-state index in [1.807, 2.05) is 13.0 Å². The van der Waals surface area contributed by atoms with E-state index in [0.717, 1.165) is 12.2 Å². The SMILES string of the molecule is CCNc1ccn(C)c(=O)c1. The summed E-state index contributed by atoms with van der Waals surface area (Å²) in [5.41, 5.74) is 0.902. The fraction of sp³-hybridized carbons (Fsp3) is 0.375. The summed E-state index contributed by atoms with van der Waals surface area (Å²) in [4.78, 5) is 11.0. The second kappa shape index (κ2) is 3.23. The van der Waals surface area contributed by atoms with E-state index in [-0.39, 0.29) is 5.56 Å². The summed E-state index contributed by atoms with van der Waals surface area (Å²) in [6, 6.07) is 3.47. The molecule has 0 aromatic carbocycles. The minimum absolute atomic E-state index is 0.0171. The van der Waals surface area contributed by atoms with Crippen LogP contribution in [0.4, 0.5) is 5.69 Å². The van der Waals surface area contributed by atoms with Crippen molar-refractivity contribution in [3.8, 4) is 0 Å². The Morgan fingerprint density at radius 3 is 2.91 bits per heavy atom. The summed E-state index contributed by atoms with van der Waals surface area (Å²) in [5.74, 6) is 0. The van der Waals surface area contributed by atoms with Gasteiger partial charge in [0.15, 0.2) is 0 Å². The van der Waals surface area contributed by atoms with Crippen molar-refractivity contribution < 1.29 is 0 Å². The third-order valence-electron chi connectivity index (χ3n) is 1.49. The van der Waals surface area contributed by atoms with Gasteiger partial charge < -0.3 is 9.88 Å². The molecule has 0 aliphatic carbocycles. The first-order valence-corrected chi connectivity index (χ1v) is 3.64. The summed E-state index contributed by atoms with van der Waals surface area (Å²) in [6.07, 6.45) is 1.75. The first-order chi connectivity index (χ1) is 5.24. The highest BCUT2D eigenvalue weighted by Gasteiger charge is 1.91. The predicted octanol–water partition coefficient (Wildman–Crippen LogP) is 0.817. The van der Waals surface area contributed by atoms with E-state index >= 15 is 0 Å². The van der Waals surface area contributed by atoms with Crippen molar-refractivity contribution in [3.05, 3.63) is 28.7 Å². The van der Waals surface area contributed by atoms with Crippen LogP contribution < -0.4 is 10.9 Å². The minimum atomic E-state index is 0.0171. The molecule has 1 aromatic heterocycles. The molecule has 3 heteroatoms. The van der Waals surface area contributed by atoms with Crippen molar-refractivity contribution >= 4 is 5.69 Å². The maximum atomic E-state index is 11.0. The van der Waals surface area contributed by atoms with E-state index < -0.39 is 0 Å². The maximum absolute atomic E-state index is 11.0. The lowest BCUT2D eigenvalue weighted by Crippen LogP contribution is -2.15. The molecule has 1 rings (SSSR count). The van der Waals surface area contributed by atoms with Crippen molar-refractivity contribution in [2.45, 2.75) is 6.92 Å². The van der Waals surface area contributed by atoms with Gasteiger partial charge in [-0.2, -0.15) is 0 Å². The van der Waals surface area contributed by atoms with Crippen LogP contribution in [0.3, 0.4) is 0 Å². The Morgan fingerprint density at radius 2 is 2.36 bits per heavy atom. The topological polar surface area (TPSA) is 34.0 Å². The van der Waals surface area contributed by atoms with Gasteiger partial charge in [0.1, 0.15) is 0 Å². The molecule has 1 N–H and O–H groups in total. The standard InChI is InChI=1S/C8H12N2O/c1-3-9-7-4-5-10(2)8(11)6-7/h4-6,9H,3H2,1-2H3. The van der Waals surface area contributed by atoms with Gasteiger partial charge in [-0.05, 0) is 13.0 Å². The molecule has 11 heavy (non-hydrogen) atoms. The number of hydrogen-bond donors (Lipinski definition) is 1. The summed E-state index contributed by atoms with van der Waals surface area (Å²) in [5, 5.41) is 3.06. The molecule has 0 aliphatic heterocycles. The zero-order valence-corrected chi connectivity index (χ0v) is 6.79. The lowest BCUT2D eigenvalue weighted by Gasteiger charge is -2.02. The summed E-state index contributed by atoms with van der Waals surface area (Å²) in [6.45, 7) is 2.84. The van der Waals surface area contributed by atoms with Crippen molar-refractivity contribution in [1.82, 2.24) is 4.57 Å². The Bertz CT molecular complexity index is 290. The lowest BCUT2D eigenvalue weighted by molar-refractivity contribution is 0.860. The van der Waals surface area contributed by atoms with Crippen LogP contribution in [-0.2, 0) is 7.05 Å². The van der Waals surface area contributed by atoms with Gasteiger partial charge in [-0.25, -0.2) is 0 Å². The van der Waals surface area contributed by atoms with Gasteiger partial charge in [0, 0.05) is 31.5 Å². The quantitative estimate of drug-likeness (QED) is 0.680. The molecule has 0 saturated carbocycles. The van der Waals surface area contributed by atoms with Crippen molar-refractivity contribution in [1.29, 1.82) is 0 Å². The Labute approximate surface area is 65.7 Å². The highest BCUT2D eigenvalue weighted by molar-refractivity contribution is 5.40. The predicted molar refractivity (Wildman–Crippen MR) is 45.8 cm³/mol. The molecular formula is C8H12N2O. The van der Waals surface area contributed by atoms with E-state index in [4.69, 9.17) is 0 Å². The Hall–Kier alpha value is -1.25. The van der Waals surface area contributed by atoms with Crippen LogP contribution in [0.5, 0.6) is 0 Å². The van der Waals surface area contributed by atoms with Crippen LogP contribution in [0.15, 0.2) is 23.1 Å². The van der Waals surface area contributed by atoms with E-state index in [9.17, 15) is 4.79 Å².